The first kappa shape index (κ1) is 15.1. The first-order valence-electron chi connectivity index (χ1n) is 7.30. The van der Waals surface area contributed by atoms with Gasteiger partial charge in [0.1, 0.15) is 11.5 Å². The summed E-state index contributed by atoms with van der Waals surface area (Å²) in [4.78, 5) is 22.5. The third-order valence-corrected chi connectivity index (χ3v) is 4.57. The van der Waals surface area contributed by atoms with Crippen molar-refractivity contribution in [3.05, 3.63) is 58.7 Å². The van der Waals surface area contributed by atoms with Crippen LogP contribution in [0.15, 0.2) is 36.4 Å². The number of hydrogen-bond donors (Lipinski definition) is 2. The Balaban J connectivity index is 2.24. The lowest BCUT2D eigenvalue weighted by Crippen LogP contribution is -2.28. The van der Waals surface area contributed by atoms with Crippen LogP contribution in [-0.2, 0) is 5.41 Å². The van der Waals surface area contributed by atoms with E-state index in [0.29, 0.717) is 17.9 Å². The maximum Gasteiger partial charge on any atom is 0.335 e. The Morgan fingerprint density at radius 1 is 0.957 bits per heavy atom. The molecule has 0 aliphatic carbocycles. The van der Waals surface area contributed by atoms with Crippen molar-refractivity contribution in [3.8, 4) is 11.5 Å². The van der Waals surface area contributed by atoms with Crippen molar-refractivity contribution in [1.29, 1.82) is 0 Å². The van der Waals surface area contributed by atoms with E-state index in [1.165, 1.54) is 12.1 Å². The molecular formula is C18H16O5. The topological polar surface area (TPSA) is 83.8 Å². The second kappa shape index (κ2) is 5.12. The molecule has 1 aliphatic heterocycles. The first-order chi connectivity index (χ1) is 10.9. The molecule has 0 bridgehead atoms. The Morgan fingerprint density at radius 2 is 1.39 bits per heavy atom. The van der Waals surface area contributed by atoms with Crippen LogP contribution in [0.1, 0.15) is 52.1 Å². The number of benzene rings is 2. The minimum atomic E-state index is -1.00. The molecule has 0 fully saturated rings. The normalized spacial score (nSPS) is 14.3. The van der Waals surface area contributed by atoms with Crippen LogP contribution in [0.2, 0.25) is 0 Å². The summed E-state index contributed by atoms with van der Waals surface area (Å²) in [5.41, 5.74) is 1.37. The van der Waals surface area contributed by atoms with E-state index in [-0.39, 0.29) is 11.1 Å². The molecule has 0 atom stereocenters. The average Bonchev–Trinajstić information content (AvgIpc) is 2.54. The molecule has 0 spiro atoms. The van der Waals surface area contributed by atoms with Gasteiger partial charge in [0, 0.05) is 16.5 Å². The summed E-state index contributed by atoms with van der Waals surface area (Å²) >= 11 is 0. The second-order valence-electron chi connectivity index (χ2n) is 5.82. The SMILES string of the molecule is CCC1(C)c2cc(C(=O)O)ccc2Oc2ccc(C(=O)O)cc21. The lowest BCUT2D eigenvalue weighted by Gasteiger charge is -2.37. The third kappa shape index (κ3) is 2.25. The molecule has 1 heterocycles. The third-order valence-electron chi connectivity index (χ3n) is 4.57. The predicted octanol–water partition coefficient (Wildman–Crippen LogP) is 3.90. The number of carboxylic acids is 2. The Hall–Kier alpha value is -2.82. The maximum absolute atomic E-state index is 11.3. The van der Waals surface area contributed by atoms with Crippen LogP contribution in [0.5, 0.6) is 11.5 Å². The number of hydrogen-bond acceptors (Lipinski definition) is 3. The lowest BCUT2D eigenvalue weighted by molar-refractivity contribution is 0.0686. The average molecular weight is 312 g/mol. The molecule has 2 aromatic rings. The monoisotopic (exact) mass is 312 g/mol. The fourth-order valence-corrected chi connectivity index (χ4v) is 3.01. The van der Waals surface area contributed by atoms with Crippen LogP contribution in [0.3, 0.4) is 0 Å². The molecule has 0 aromatic heterocycles. The first-order valence-corrected chi connectivity index (χ1v) is 7.30. The molecule has 2 N–H and O–H groups in total. The Labute approximate surface area is 133 Å². The standard InChI is InChI=1S/C18H16O5/c1-3-18(2)12-8-10(16(19)20)4-6-14(12)23-15-7-5-11(17(21)22)9-13(15)18/h4-9H,3H2,1-2H3,(H,19,20)(H,21,22). The van der Waals surface area contributed by atoms with E-state index in [0.717, 1.165) is 11.1 Å². The fourth-order valence-electron chi connectivity index (χ4n) is 3.01. The zero-order chi connectivity index (χ0) is 16.8. The van der Waals surface area contributed by atoms with Gasteiger partial charge < -0.3 is 14.9 Å². The summed E-state index contributed by atoms with van der Waals surface area (Å²) in [5.74, 6) is -0.794. The van der Waals surface area contributed by atoms with E-state index in [9.17, 15) is 19.8 Å². The molecule has 0 saturated carbocycles. The Bertz CT molecular complexity index is 759. The van der Waals surface area contributed by atoms with Gasteiger partial charge in [-0.15, -0.1) is 0 Å². The van der Waals surface area contributed by atoms with Crippen molar-refractivity contribution in [2.75, 3.05) is 0 Å². The highest BCUT2D eigenvalue weighted by atomic mass is 16.5. The molecule has 3 rings (SSSR count). The largest absolute Gasteiger partial charge is 0.478 e. The highest BCUT2D eigenvalue weighted by Crippen LogP contribution is 2.50. The van der Waals surface area contributed by atoms with Crippen molar-refractivity contribution in [3.63, 3.8) is 0 Å². The molecular weight excluding hydrogens is 296 g/mol. The predicted molar refractivity (Wildman–Crippen MR) is 83.6 cm³/mol. The number of carbonyl (C=O) groups is 2. The van der Waals surface area contributed by atoms with Gasteiger partial charge in [-0.1, -0.05) is 13.8 Å². The van der Waals surface area contributed by atoms with E-state index >= 15 is 0 Å². The quantitative estimate of drug-likeness (QED) is 0.898. The number of rotatable bonds is 3. The number of ether oxygens (including phenoxy) is 1. The van der Waals surface area contributed by atoms with Crippen molar-refractivity contribution < 1.29 is 24.5 Å². The molecule has 23 heavy (non-hydrogen) atoms. The van der Waals surface area contributed by atoms with Crippen LogP contribution in [0.4, 0.5) is 0 Å². The van der Waals surface area contributed by atoms with E-state index in [1.54, 1.807) is 24.3 Å². The van der Waals surface area contributed by atoms with Gasteiger partial charge in [-0.2, -0.15) is 0 Å². The van der Waals surface area contributed by atoms with Crippen LogP contribution in [0, 0.1) is 0 Å². The maximum atomic E-state index is 11.3. The van der Waals surface area contributed by atoms with Gasteiger partial charge in [0.15, 0.2) is 0 Å². The summed E-state index contributed by atoms with van der Waals surface area (Å²) < 4.78 is 5.86. The zero-order valence-corrected chi connectivity index (χ0v) is 12.8. The van der Waals surface area contributed by atoms with Crippen LogP contribution in [-0.4, -0.2) is 22.2 Å². The minimum Gasteiger partial charge on any atom is -0.478 e. The van der Waals surface area contributed by atoms with Crippen LogP contribution in [0.25, 0.3) is 0 Å². The highest BCUT2D eigenvalue weighted by molar-refractivity contribution is 5.89. The molecule has 0 saturated heterocycles. The number of aromatic carboxylic acids is 2. The van der Waals surface area contributed by atoms with Crippen molar-refractivity contribution in [2.45, 2.75) is 25.7 Å². The number of fused-ring (bicyclic) bond motifs is 2. The van der Waals surface area contributed by atoms with Gasteiger partial charge in [0.05, 0.1) is 11.1 Å². The van der Waals surface area contributed by atoms with Gasteiger partial charge in [-0.3, -0.25) is 0 Å². The van der Waals surface area contributed by atoms with Crippen LogP contribution < -0.4 is 4.74 Å². The summed E-state index contributed by atoms with van der Waals surface area (Å²) in [6.07, 6.45) is 0.683. The summed E-state index contributed by atoms with van der Waals surface area (Å²) in [6.45, 7) is 3.96. The molecule has 5 nitrogen and oxygen atoms in total. The second-order valence-corrected chi connectivity index (χ2v) is 5.82. The van der Waals surface area contributed by atoms with Gasteiger partial charge in [0.2, 0.25) is 0 Å². The molecule has 0 radical (unpaired) electrons. The summed E-state index contributed by atoms with van der Waals surface area (Å²) in [5, 5.41) is 18.4. The fraction of sp³-hybridized carbons (Fsp3) is 0.222. The molecule has 1 aliphatic rings. The van der Waals surface area contributed by atoms with Gasteiger partial charge >= 0.3 is 11.9 Å². The highest BCUT2D eigenvalue weighted by Gasteiger charge is 2.37. The van der Waals surface area contributed by atoms with Gasteiger partial charge in [-0.25, -0.2) is 9.59 Å². The number of carboxylic acid groups (broad SMARTS) is 2. The molecule has 2 aromatic carbocycles. The lowest BCUT2D eigenvalue weighted by atomic mass is 9.71. The molecule has 5 heteroatoms. The summed E-state index contributed by atoms with van der Waals surface area (Å²) in [7, 11) is 0. The smallest absolute Gasteiger partial charge is 0.335 e. The van der Waals surface area contributed by atoms with Gasteiger partial charge in [-0.05, 0) is 42.8 Å². The van der Waals surface area contributed by atoms with E-state index in [4.69, 9.17) is 4.74 Å². The minimum absolute atomic E-state index is 0.185. The zero-order valence-electron chi connectivity index (χ0n) is 12.8. The molecule has 0 amide bonds. The van der Waals surface area contributed by atoms with Crippen LogP contribution >= 0.6 is 0 Å². The van der Waals surface area contributed by atoms with Crippen molar-refractivity contribution in [1.82, 2.24) is 0 Å². The van der Waals surface area contributed by atoms with Gasteiger partial charge in [0.25, 0.3) is 0 Å². The van der Waals surface area contributed by atoms with E-state index in [2.05, 4.69) is 0 Å². The van der Waals surface area contributed by atoms with Crippen molar-refractivity contribution in [2.24, 2.45) is 0 Å². The van der Waals surface area contributed by atoms with E-state index < -0.39 is 17.4 Å². The summed E-state index contributed by atoms with van der Waals surface area (Å²) in [6, 6.07) is 9.54. The Kier molecular flexibility index (Phi) is 3.36. The Morgan fingerprint density at radius 3 is 1.74 bits per heavy atom. The van der Waals surface area contributed by atoms with E-state index in [1.807, 2.05) is 13.8 Å². The molecule has 118 valence electrons. The molecule has 0 unspecified atom stereocenters. The van der Waals surface area contributed by atoms with Crippen molar-refractivity contribution >= 4 is 11.9 Å².